The molecule has 52 heavy (non-hydrogen) atoms. The van der Waals surface area contributed by atoms with Gasteiger partial charge in [0.05, 0.1) is 37.1 Å². The highest BCUT2D eigenvalue weighted by molar-refractivity contribution is 6.00. The van der Waals surface area contributed by atoms with E-state index in [0.29, 0.717) is 11.1 Å². The van der Waals surface area contributed by atoms with Gasteiger partial charge >= 0.3 is 6.09 Å². The lowest BCUT2D eigenvalue weighted by molar-refractivity contribution is -0.134. The Hall–Kier alpha value is -5.70. The molecule has 3 unspecified atom stereocenters. The van der Waals surface area contributed by atoms with Crippen LogP contribution in [0.1, 0.15) is 47.9 Å². The number of Topliss-reactive ketones (excluding diaryl/α,β-unsaturated/α-hetero) is 1. The minimum absolute atomic E-state index is 0.00226. The molecule has 0 aliphatic rings. The number of aromatic nitrogens is 1. The molecule has 1 aromatic heterocycles. The number of nitrogens with zero attached hydrogens (tertiary/aromatic N) is 2. The number of ether oxygens (including phenoxy) is 1. The number of aliphatic hydroxyl groups excluding tert-OH is 1. The average molecular weight is 712 g/mol. The number of rotatable bonds is 17. The quantitative estimate of drug-likeness (QED) is 0.0879. The number of hydrazine groups is 1. The Morgan fingerprint density at radius 2 is 1.50 bits per heavy atom. The van der Waals surface area contributed by atoms with E-state index in [1.165, 1.54) is 18.2 Å². The van der Waals surface area contributed by atoms with Crippen molar-refractivity contribution in [3.8, 4) is 0 Å². The molecule has 4 aromatic rings. The van der Waals surface area contributed by atoms with Crippen LogP contribution in [-0.4, -0.2) is 76.5 Å². The summed E-state index contributed by atoms with van der Waals surface area (Å²) in [5, 5.41) is 19.3. The SMILES string of the molecule is COC(=O)N[C@H](C(=O)NN(Cc1ccccc1)CC(O)C(C(=O)[C@H](CC(N)=O)NC(=O)c1ccc2ccccc2n1)C(N)c1ccccc1)C(C)C. The third-order valence-electron chi connectivity index (χ3n) is 8.50. The topological polar surface area (TPSA) is 219 Å². The number of ketones is 1. The number of carbonyl (C=O) groups excluding carboxylic acids is 5. The number of methoxy groups -OCH3 is 1. The van der Waals surface area contributed by atoms with Gasteiger partial charge in [0, 0.05) is 24.5 Å². The first kappa shape index (κ1) is 39.1. The molecule has 0 bridgehead atoms. The molecule has 8 N–H and O–H groups in total. The van der Waals surface area contributed by atoms with Crippen molar-refractivity contribution in [2.24, 2.45) is 23.3 Å². The van der Waals surface area contributed by atoms with Crippen molar-refractivity contribution in [1.29, 1.82) is 0 Å². The third kappa shape index (κ3) is 10.7. The van der Waals surface area contributed by atoms with Crippen LogP contribution in [0.3, 0.4) is 0 Å². The zero-order valence-electron chi connectivity index (χ0n) is 29.3. The highest BCUT2D eigenvalue weighted by atomic mass is 16.5. The van der Waals surface area contributed by atoms with Crippen molar-refractivity contribution >= 4 is 40.5 Å². The van der Waals surface area contributed by atoms with Gasteiger partial charge in [-0.2, -0.15) is 0 Å². The average Bonchev–Trinajstić information content (AvgIpc) is 3.13. The summed E-state index contributed by atoms with van der Waals surface area (Å²) in [6.45, 7) is 3.24. The number of benzene rings is 3. The second-order valence-corrected chi connectivity index (χ2v) is 12.7. The molecule has 0 saturated heterocycles. The van der Waals surface area contributed by atoms with Crippen LogP contribution in [-0.2, 0) is 25.7 Å². The van der Waals surface area contributed by atoms with Gasteiger partial charge in [-0.1, -0.05) is 98.8 Å². The summed E-state index contributed by atoms with van der Waals surface area (Å²) in [5.41, 5.74) is 16.8. The van der Waals surface area contributed by atoms with Crippen LogP contribution in [0.25, 0.3) is 10.9 Å². The van der Waals surface area contributed by atoms with Gasteiger partial charge in [-0.05, 0) is 29.2 Å². The Morgan fingerprint density at radius 1 is 0.865 bits per heavy atom. The summed E-state index contributed by atoms with van der Waals surface area (Å²) in [6.07, 6.45) is -2.95. The van der Waals surface area contributed by atoms with Gasteiger partial charge in [-0.3, -0.25) is 24.6 Å². The molecule has 0 radical (unpaired) electrons. The molecule has 0 fully saturated rings. The zero-order valence-corrected chi connectivity index (χ0v) is 29.3. The highest BCUT2D eigenvalue weighted by Gasteiger charge is 2.40. The molecular formula is C38H45N7O7. The molecule has 274 valence electrons. The summed E-state index contributed by atoms with van der Waals surface area (Å²) in [6, 6.07) is 24.4. The first-order chi connectivity index (χ1) is 24.9. The number of aliphatic hydroxyl groups is 1. The second kappa shape index (κ2) is 18.5. The van der Waals surface area contributed by atoms with Gasteiger partial charge in [0.2, 0.25) is 5.91 Å². The lowest BCUT2D eigenvalue weighted by Gasteiger charge is -2.34. The van der Waals surface area contributed by atoms with E-state index in [0.717, 1.165) is 10.9 Å². The molecule has 5 atom stereocenters. The van der Waals surface area contributed by atoms with Crippen LogP contribution in [0.5, 0.6) is 0 Å². The molecule has 4 rings (SSSR count). The molecule has 0 saturated carbocycles. The number of fused-ring (bicyclic) bond motifs is 1. The number of nitrogens with one attached hydrogen (secondary N) is 3. The zero-order chi connectivity index (χ0) is 37.8. The molecule has 0 spiro atoms. The van der Waals surface area contributed by atoms with Crippen LogP contribution in [0.2, 0.25) is 0 Å². The van der Waals surface area contributed by atoms with Crippen LogP contribution < -0.4 is 27.5 Å². The minimum atomic E-state index is -1.57. The van der Waals surface area contributed by atoms with Crippen LogP contribution in [0.4, 0.5) is 4.79 Å². The lowest BCUT2D eigenvalue weighted by Crippen LogP contribution is -2.57. The number of nitrogens with two attached hydrogens (primary N) is 2. The van der Waals surface area contributed by atoms with E-state index in [4.69, 9.17) is 16.2 Å². The fraction of sp³-hybridized carbons (Fsp3) is 0.316. The lowest BCUT2D eigenvalue weighted by atomic mass is 9.82. The summed E-state index contributed by atoms with van der Waals surface area (Å²) < 4.78 is 4.69. The van der Waals surface area contributed by atoms with Crippen molar-refractivity contribution in [3.63, 3.8) is 0 Å². The van der Waals surface area contributed by atoms with Crippen molar-refractivity contribution in [1.82, 2.24) is 26.1 Å². The van der Waals surface area contributed by atoms with Gasteiger partial charge < -0.3 is 31.9 Å². The molecule has 3 aromatic carbocycles. The summed E-state index contributed by atoms with van der Waals surface area (Å²) in [7, 11) is 1.18. The normalized spacial score (nSPS) is 14.1. The number of para-hydroxylation sites is 1. The van der Waals surface area contributed by atoms with Crippen LogP contribution in [0.15, 0.2) is 97.1 Å². The Labute approximate surface area is 301 Å². The van der Waals surface area contributed by atoms with Gasteiger partial charge in [-0.15, -0.1) is 0 Å². The van der Waals surface area contributed by atoms with Crippen molar-refractivity contribution in [2.75, 3.05) is 13.7 Å². The van der Waals surface area contributed by atoms with Crippen LogP contribution >= 0.6 is 0 Å². The molecule has 14 heteroatoms. The Kier molecular flexibility index (Phi) is 13.9. The first-order valence-electron chi connectivity index (χ1n) is 16.8. The fourth-order valence-electron chi connectivity index (χ4n) is 5.81. The van der Waals surface area contributed by atoms with Crippen molar-refractivity contribution in [3.05, 3.63) is 114 Å². The first-order valence-corrected chi connectivity index (χ1v) is 16.8. The van der Waals surface area contributed by atoms with E-state index < -0.39 is 66.2 Å². The van der Waals surface area contributed by atoms with E-state index in [1.54, 1.807) is 74.5 Å². The maximum atomic E-state index is 14.5. The number of amides is 4. The maximum absolute atomic E-state index is 14.5. The maximum Gasteiger partial charge on any atom is 0.407 e. The van der Waals surface area contributed by atoms with Crippen LogP contribution in [0, 0.1) is 11.8 Å². The predicted molar refractivity (Wildman–Crippen MR) is 194 cm³/mol. The standard InChI is InChI=1S/C38H45N7O7/c1-23(2)34(43-38(51)52-3)37(50)44-45(21-24-12-6-4-7-13-24)22-30(46)32(33(40)26-15-8-5-9-16-26)35(48)29(20-31(39)47)42-36(49)28-19-18-25-14-10-11-17-27(25)41-28/h4-19,23,29-30,32-34,46H,20-22,40H2,1-3H3,(H2,39,47)(H,42,49)(H,43,51)(H,44,50)/t29-,30?,32?,33?,34-/m0/s1. The number of primary amides is 1. The van der Waals surface area contributed by atoms with Gasteiger partial charge in [-0.25, -0.2) is 14.8 Å². The minimum Gasteiger partial charge on any atom is -0.453 e. The van der Waals surface area contributed by atoms with E-state index in [-0.39, 0.29) is 24.7 Å². The molecule has 0 aliphatic carbocycles. The highest BCUT2D eigenvalue weighted by Crippen LogP contribution is 2.27. The third-order valence-corrected chi connectivity index (χ3v) is 8.50. The van der Waals surface area contributed by atoms with Gasteiger partial charge in [0.1, 0.15) is 11.7 Å². The van der Waals surface area contributed by atoms with E-state index in [1.807, 2.05) is 30.3 Å². The monoisotopic (exact) mass is 711 g/mol. The fourth-order valence-corrected chi connectivity index (χ4v) is 5.81. The number of pyridine rings is 1. The van der Waals surface area contributed by atoms with Gasteiger partial charge in [0.15, 0.2) is 5.78 Å². The number of hydrogen-bond acceptors (Lipinski definition) is 10. The summed E-state index contributed by atoms with van der Waals surface area (Å²) >= 11 is 0. The molecule has 4 amide bonds. The Balaban J connectivity index is 1.67. The molecule has 14 nitrogen and oxygen atoms in total. The summed E-state index contributed by atoms with van der Waals surface area (Å²) in [4.78, 5) is 70.2. The number of alkyl carbamates (subject to hydrolysis) is 1. The largest absolute Gasteiger partial charge is 0.453 e. The molecule has 0 aliphatic heterocycles. The molecular weight excluding hydrogens is 666 g/mol. The second-order valence-electron chi connectivity index (χ2n) is 12.7. The van der Waals surface area contributed by atoms with E-state index in [2.05, 4.69) is 21.0 Å². The number of hydrogen-bond donors (Lipinski definition) is 6. The summed E-state index contributed by atoms with van der Waals surface area (Å²) in [5.74, 6) is -4.72. The van der Waals surface area contributed by atoms with Gasteiger partial charge in [0.25, 0.3) is 11.8 Å². The predicted octanol–water partition coefficient (Wildman–Crippen LogP) is 2.37. The smallest absolute Gasteiger partial charge is 0.407 e. The van der Waals surface area contributed by atoms with E-state index in [9.17, 15) is 29.1 Å². The Morgan fingerprint density at radius 3 is 2.13 bits per heavy atom. The van der Waals surface area contributed by atoms with E-state index >= 15 is 0 Å². The van der Waals surface area contributed by atoms with Crippen molar-refractivity contribution in [2.45, 2.75) is 51.0 Å². The number of carbonyl (C=O) groups is 5. The Bertz CT molecular complexity index is 1840. The molecule has 1 heterocycles. The van der Waals surface area contributed by atoms with Crippen molar-refractivity contribution < 1.29 is 33.8 Å².